The van der Waals surface area contributed by atoms with Crippen molar-refractivity contribution in [2.45, 2.75) is 5.16 Å². The topological polar surface area (TPSA) is 84.7 Å². The first kappa shape index (κ1) is 15.0. The smallest absolute Gasteiger partial charge is 0.319 e. The molecule has 1 radical (unpaired) electrons. The first-order chi connectivity index (χ1) is 8.22. The number of amides is 2. The van der Waals surface area contributed by atoms with Gasteiger partial charge in [0.15, 0.2) is 0 Å². The molecule has 0 atom stereocenters. The van der Waals surface area contributed by atoms with Gasteiger partial charge in [0.05, 0.1) is 11.4 Å². The van der Waals surface area contributed by atoms with Gasteiger partial charge >= 0.3 is 6.03 Å². The molecule has 0 aliphatic rings. The van der Waals surface area contributed by atoms with Crippen LogP contribution in [0.15, 0.2) is 29.4 Å². The van der Waals surface area contributed by atoms with Crippen LogP contribution in [-0.4, -0.2) is 62.8 Å². The van der Waals surface area contributed by atoms with Crippen LogP contribution in [0.4, 0.5) is 10.5 Å². The van der Waals surface area contributed by atoms with Gasteiger partial charge in [-0.3, -0.25) is 0 Å². The van der Waals surface area contributed by atoms with Crippen molar-refractivity contribution in [3.05, 3.63) is 24.3 Å². The molecule has 0 aliphatic carbocycles. The van der Waals surface area contributed by atoms with Crippen LogP contribution in [0.5, 0.6) is 0 Å². The molecule has 1 aromatic heterocycles. The summed E-state index contributed by atoms with van der Waals surface area (Å²) in [5, 5.41) is 16.4. The quantitative estimate of drug-likeness (QED) is 0.543. The number of hydrogen-bond donors (Lipinski definition) is 3. The molecular weight excluding hydrogens is 263 g/mol. The Morgan fingerprint density at radius 2 is 2.11 bits per heavy atom. The standard InChI is InChI=1S/C9H10N6OS.Na/c1-10-8(16)11-6-4-2-3-5-7(6)15-9(17)12-13-14-15;/h2-5H,1H3,(H2,10,11,16)(H,12,14,17);. The summed E-state index contributed by atoms with van der Waals surface area (Å²) in [4.78, 5) is 11.3. The van der Waals surface area contributed by atoms with Crippen molar-refractivity contribution in [2.75, 3.05) is 12.4 Å². The summed E-state index contributed by atoms with van der Waals surface area (Å²) < 4.78 is 1.42. The van der Waals surface area contributed by atoms with Crippen molar-refractivity contribution >= 4 is 53.9 Å². The predicted octanol–water partition coefficient (Wildman–Crippen LogP) is 0.321. The van der Waals surface area contributed by atoms with Crippen LogP contribution >= 0.6 is 12.6 Å². The number of carbonyl (C=O) groups is 1. The van der Waals surface area contributed by atoms with E-state index in [1.54, 1.807) is 25.2 Å². The average molecular weight is 273 g/mol. The summed E-state index contributed by atoms with van der Waals surface area (Å²) in [6.07, 6.45) is 0. The number of thiol groups is 1. The van der Waals surface area contributed by atoms with E-state index in [9.17, 15) is 4.79 Å². The van der Waals surface area contributed by atoms with Gasteiger partial charge < -0.3 is 10.6 Å². The van der Waals surface area contributed by atoms with E-state index in [1.165, 1.54) is 4.68 Å². The predicted molar refractivity (Wildman–Crippen MR) is 70.2 cm³/mol. The van der Waals surface area contributed by atoms with E-state index in [1.807, 2.05) is 6.07 Å². The second kappa shape index (κ2) is 6.74. The van der Waals surface area contributed by atoms with Crippen LogP contribution in [0.3, 0.4) is 0 Å². The fourth-order valence-electron chi connectivity index (χ4n) is 1.29. The molecule has 2 rings (SSSR count). The van der Waals surface area contributed by atoms with E-state index in [2.05, 4.69) is 38.8 Å². The SMILES string of the molecule is CNC(=O)Nc1ccccc1-n1nnnc1S.[Na]. The number of para-hydroxylation sites is 2. The van der Waals surface area contributed by atoms with Gasteiger partial charge in [0, 0.05) is 36.6 Å². The van der Waals surface area contributed by atoms with Crippen molar-refractivity contribution in [2.24, 2.45) is 0 Å². The number of benzene rings is 1. The van der Waals surface area contributed by atoms with E-state index in [-0.39, 0.29) is 35.6 Å². The van der Waals surface area contributed by atoms with Gasteiger partial charge in [-0.2, -0.15) is 4.68 Å². The number of rotatable bonds is 2. The summed E-state index contributed by atoms with van der Waals surface area (Å²) in [6.45, 7) is 0. The van der Waals surface area contributed by atoms with E-state index in [4.69, 9.17) is 0 Å². The molecule has 1 aromatic carbocycles. The third-order valence-electron chi connectivity index (χ3n) is 2.06. The number of nitrogens with zero attached hydrogens (tertiary/aromatic N) is 4. The Kier molecular flexibility index (Phi) is 5.60. The fraction of sp³-hybridized carbons (Fsp3) is 0.111. The van der Waals surface area contributed by atoms with Crippen LogP contribution in [0.25, 0.3) is 5.69 Å². The van der Waals surface area contributed by atoms with Gasteiger partial charge in [0.25, 0.3) is 0 Å². The largest absolute Gasteiger partial charge is 0.341 e. The number of hydrogen-bond acceptors (Lipinski definition) is 5. The maximum Gasteiger partial charge on any atom is 0.319 e. The van der Waals surface area contributed by atoms with Gasteiger partial charge in [-0.1, -0.05) is 12.1 Å². The maximum atomic E-state index is 11.3. The molecule has 2 N–H and O–H groups in total. The van der Waals surface area contributed by atoms with Crippen molar-refractivity contribution in [3.8, 4) is 5.69 Å². The van der Waals surface area contributed by atoms with Crippen LogP contribution in [0.1, 0.15) is 0 Å². The van der Waals surface area contributed by atoms with Crippen molar-refractivity contribution in [3.63, 3.8) is 0 Å². The van der Waals surface area contributed by atoms with Crippen molar-refractivity contribution < 1.29 is 4.79 Å². The molecule has 0 saturated carbocycles. The Morgan fingerprint density at radius 3 is 2.72 bits per heavy atom. The minimum absolute atomic E-state index is 0. The summed E-state index contributed by atoms with van der Waals surface area (Å²) in [5.74, 6) is 0. The molecule has 0 spiro atoms. The minimum Gasteiger partial charge on any atom is -0.341 e. The Balaban J connectivity index is 0.00000162. The molecule has 2 amide bonds. The van der Waals surface area contributed by atoms with E-state index < -0.39 is 0 Å². The minimum atomic E-state index is -0.314. The van der Waals surface area contributed by atoms with Gasteiger partial charge in [0.1, 0.15) is 0 Å². The average Bonchev–Trinajstić information content (AvgIpc) is 2.76. The molecule has 0 aliphatic heterocycles. The van der Waals surface area contributed by atoms with Crippen molar-refractivity contribution in [1.82, 2.24) is 25.5 Å². The van der Waals surface area contributed by atoms with Crippen LogP contribution in [-0.2, 0) is 0 Å². The van der Waals surface area contributed by atoms with E-state index in [0.717, 1.165) is 0 Å². The summed E-state index contributed by atoms with van der Waals surface area (Å²) in [6, 6.07) is 6.84. The van der Waals surface area contributed by atoms with Gasteiger partial charge in [-0.25, -0.2) is 4.79 Å². The molecule has 18 heavy (non-hydrogen) atoms. The molecule has 89 valence electrons. The van der Waals surface area contributed by atoms with Crippen LogP contribution < -0.4 is 10.6 Å². The molecule has 0 unspecified atom stereocenters. The summed E-state index contributed by atoms with van der Waals surface area (Å²) >= 11 is 4.12. The number of anilines is 1. The molecule has 7 nitrogen and oxygen atoms in total. The number of tetrazole rings is 1. The second-order valence-corrected chi connectivity index (χ2v) is 3.51. The summed E-state index contributed by atoms with van der Waals surface area (Å²) in [7, 11) is 1.54. The number of nitrogens with one attached hydrogen (secondary N) is 2. The number of urea groups is 1. The molecular formula is C9H10N6NaOS. The molecule has 0 bridgehead atoms. The second-order valence-electron chi connectivity index (χ2n) is 3.11. The first-order valence-corrected chi connectivity index (χ1v) is 5.22. The van der Waals surface area contributed by atoms with Gasteiger partial charge in [0.2, 0.25) is 5.16 Å². The van der Waals surface area contributed by atoms with Gasteiger partial charge in [-0.05, 0) is 22.6 Å². The third kappa shape index (κ3) is 3.22. The zero-order valence-corrected chi connectivity index (χ0v) is 12.8. The summed E-state index contributed by atoms with van der Waals surface area (Å²) in [5.41, 5.74) is 1.24. The van der Waals surface area contributed by atoms with Gasteiger partial charge in [-0.15, -0.1) is 17.7 Å². The number of aromatic nitrogens is 4. The zero-order chi connectivity index (χ0) is 12.3. The molecule has 0 fully saturated rings. The van der Waals surface area contributed by atoms with Crippen LogP contribution in [0, 0.1) is 0 Å². The number of carbonyl (C=O) groups excluding carboxylic acids is 1. The normalized spacial score (nSPS) is 9.44. The van der Waals surface area contributed by atoms with E-state index in [0.29, 0.717) is 16.5 Å². The van der Waals surface area contributed by atoms with Crippen molar-refractivity contribution in [1.29, 1.82) is 0 Å². The molecule has 2 aromatic rings. The molecule has 0 saturated heterocycles. The molecule has 1 heterocycles. The Morgan fingerprint density at radius 1 is 1.39 bits per heavy atom. The zero-order valence-electron chi connectivity index (χ0n) is 9.95. The Hall–Kier alpha value is -1.09. The van der Waals surface area contributed by atoms with Crippen LogP contribution in [0.2, 0.25) is 0 Å². The fourth-order valence-corrected chi connectivity index (χ4v) is 1.47. The third-order valence-corrected chi connectivity index (χ3v) is 2.34. The Labute approximate surface area is 131 Å². The Bertz CT molecular complexity index is 545. The monoisotopic (exact) mass is 273 g/mol. The van der Waals surface area contributed by atoms with E-state index >= 15 is 0 Å². The first-order valence-electron chi connectivity index (χ1n) is 4.78. The molecule has 9 heteroatoms. The maximum absolute atomic E-state index is 11.3.